The molecule has 0 radical (unpaired) electrons. The molecule has 0 aliphatic heterocycles. The van der Waals surface area contributed by atoms with Crippen molar-refractivity contribution >= 4 is 5.97 Å². The maximum absolute atomic E-state index is 11.7. The Balaban J connectivity index is 4.57. The number of rotatable bonds is 7. The van der Waals surface area contributed by atoms with Gasteiger partial charge in [-0.05, 0) is 12.8 Å². The fourth-order valence-electron chi connectivity index (χ4n) is 1.76. The molecule has 0 bridgehead atoms. The summed E-state index contributed by atoms with van der Waals surface area (Å²) in [4.78, 5) is 11.7. The first-order valence-electron chi connectivity index (χ1n) is 5.79. The lowest BCUT2D eigenvalue weighted by atomic mass is 9.84. The third-order valence-electron chi connectivity index (χ3n) is 2.66. The van der Waals surface area contributed by atoms with E-state index in [0.29, 0.717) is 13.2 Å². The summed E-state index contributed by atoms with van der Waals surface area (Å²) in [5.74, 6) is -0.840. The van der Waals surface area contributed by atoms with E-state index in [9.17, 15) is 9.90 Å². The lowest BCUT2D eigenvalue weighted by molar-refractivity contribution is -0.156. The molecule has 0 heterocycles. The number of carbonyl (C=O) groups is 1. The number of aliphatic hydroxyl groups excluding tert-OH is 1. The Kier molecular flexibility index (Phi) is 7.34. The van der Waals surface area contributed by atoms with Gasteiger partial charge in [-0.25, -0.2) is 0 Å². The molecule has 0 saturated heterocycles. The van der Waals surface area contributed by atoms with Crippen molar-refractivity contribution in [1.29, 1.82) is 0 Å². The molecule has 0 aromatic carbocycles. The van der Waals surface area contributed by atoms with Crippen molar-refractivity contribution in [3.8, 4) is 0 Å². The van der Waals surface area contributed by atoms with Crippen LogP contribution in [0.25, 0.3) is 0 Å². The number of esters is 1. The topological polar surface area (TPSA) is 55.8 Å². The summed E-state index contributed by atoms with van der Waals surface area (Å²) in [5, 5.41) is 10.1. The Bertz CT molecular complexity index is 203. The number of ether oxygens (including phenoxy) is 2. The van der Waals surface area contributed by atoms with Crippen LogP contribution in [0, 0.1) is 17.8 Å². The van der Waals surface area contributed by atoms with Gasteiger partial charge < -0.3 is 14.6 Å². The second-order valence-corrected chi connectivity index (χ2v) is 4.45. The van der Waals surface area contributed by atoms with Gasteiger partial charge in [-0.15, -0.1) is 0 Å². The van der Waals surface area contributed by atoms with Gasteiger partial charge in [0, 0.05) is 13.0 Å². The summed E-state index contributed by atoms with van der Waals surface area (Å²) in [6.07, 6.45) is -0.723. The lowest BCUT2D eigenvalue weighted by Gasteiger charge is -2.28. The smallest absolute Gasteiger partial charge is 0.311 e. The molecule has 0 rings (SSSR count). The fourth-order valence-corrected chi connectivity index (χ4v) is 1.76. The first kappa shape index (κ1) is 15.4. The van der Waals surface area contributed by atoms with E-state index in [2.05, 4.69) is 0 Å². The van der Waals surface area contributed by atoms with Crippen LogP contribution in [-0.2, 0) is 14.3 Å². The molecule has 0 aliphatic rings. The van der Waals surface area contributed by atoms with E-state index in [4.69, 9.17) is 9.47 Å². The maximum Gasteiger partial charge on any atom is 0.311 e. The average Bonchev–Trinajstić information content (AvgIpc) is 2.17. The van der Waals surface area contributed by atoms with Gasteiger partial charge in [-0.2, -0.15) is 0 Å². The molecule has 16 heavy (non-hydrogen) atoms. The minimum atomic E-state index is -0.723. The van der Waals surface area contributed by atoms with Gasteiger partial charge in [0.1, 0.15) is 0 Å². The van der Waals surface area contributed by atoms with Crippen molar-refractivity contribution in [1.82, 2.24) is 0 Å². The number of aliphatic hydroxyl groups is 1. The van der Waals surface area contributed by atoms with E-state index in [1.54, 1.807) is 14.0 Å². The molecular formula is C12H24O4. The molecule has 0 aromatic heterocycles. The van der Waals surface area contributed by atoms with E-state index in [-0.39, 0.29) is 17.8 Å². The second-order valence-electron chi connectivity index (χ2n) is 4.45. The summed E-state index contributed by atoms with van der Waals surface area (Å²) in [7, 11) is 1.58. The molecule has 0 aromatic rings. The summed E-state index contributed by atoms with van der Waals surface area (Å²) in [6, 6.07) is 0. The van der Waals surface area contributed by atoms with E-state index >= 15 is 0 Å². The molecule has 3 atom stereocenters. The molecular weight excluding hydrogens is 208 g/mol. The van der Waals surface area contributed by atoms with E-state index in [1.807, 2.05) is 20.8 Å². The van der Waals surface area contributed by atoms with Crippen molar-refractivity contribution in [2.75, 3.05) is 20.3 Å². The van der Waals surface area contributed by atoms with Crippen LogP contribution in [0.5, 0.6) is 0 Å². The van der Waals surface area contributed by atoms with Gasteiger partial charge in [0.2, 0.25) is 0 Å². The number of methoxy groups -OCH3 is 1. The molecule has 4 nitrogen and oxygen atoms in total. The third-order valence-corrected chi connectivity index (χ3v) is 2.66. The second kappa shape index (κ2) is 7.63. The van der Waals surface area contributed by atoms with Crippen LogP contribution in [0.2, 0.25) is 0 Å². The Hall–Kier alpha value is -0.610. The molecule has 0 spiro atoms. The molecule has 0 saturated carbocycles. The largest absolute Gasteiger partial charge is 0.466 e. The van der Waals surface area contributed by atoms with Gasteiger partial charge in [0.25, 0.3) is 0 Å². The van der Waals surface area contributed by atoms with Crippen molar-refractivity contribution in [3.63, 3.8) is 0 Å². The average molecular weight is 232 g/mol. The van der Waals surface area contributed by atoms with E-state index in [0.717, 1.165) is 0 Å². The zero-order chi connectivity index (χ0) is 12.7. The number of hydrogen-bond donors (Lipinski definition) is 1. The van der Waals surface area contributed by atoms with Crippen molar-refractivity contribution in [2.45, 2.75) is 33.8 Å². The summed E-state index contributed by atoms with van der Waals surface area (Å²) in [5.41, 5.74) is 0. The molecule has 1 N–H and O–H groups in total. The highest BCUT2D eigenvalue weighted by Gasteiger charge is 2.34. The van der Waals surface area contributed by atoms with Crippen LogP contribution in [0.4, 0.5) is 0 Å². The van der Waals surface area contributed by atoms with Gasteiger partial charge >= 0.3 is 5.97 Å². The minimum absolute atomic E-state index is 0.0494. The molecule has 3 unspecified atom stereocenters. The van der Waals surface area contributed by atoms with E-state index < -0.39 is 12.0 Å². The zero-order valence-corrected chi connectivity index (χ0v) is 10.9. The molecule has 0 aliphatic carbocycles. The predicted molar refractivity (Wildman–Crippen MR) is 62.0 cm³/mol. The monoisotopic (exact) mass is 232 g/mol. The van der Waals surface area contributed by atoms with Crippen molar-refractivity contribution in [2.24, 2.45) is 17.8 Å². The van der Waals surface area contributed by atoms with Crippen LogP contribution in [-0.4, -0.2) is 37.5 Å². The van der Waals surface area contributed by atoms with E-state index in [1.165, 1.54) is 0 Å². The normalized spacial score (nSPS) is 16.9. The highest BCUT2D eigenvalue weighted by atomic mass is 16.5. The SMILES string of the molecule is CCOC(=O)C(C(C)C)C(O)C(C)COC. The highest BCUT2D eigenvalue weighted by Crippen LogP contribution is 2.23. The van der Waals surface area contributed by atoms with Gasteiger partial charge in [-0.3, -0.25) is 4.79 Å². The van der Waals surface area contributed by atoms with Gasteiger partial charge in [0.15, 0.2) is 0 Å². The Morgan fingerprint density at radius 3 is 2.25 bits per heavy atom. The van der Waals surface area contributed by atoms with Crippen molar-refractivity contribution in [3.05, 3.63) is 0 Å². The fraction of sp³-hybridized carbons (Fsp3) is 0.917. The summed E-state index contributed by atoms with van der Waals surface area (Å²) in [6.45, 7) is 8.22. The van der Waals surface area contributed by atoms with Crippen LogP contribution < -0.4 is 0 Å². The van der Waals surface area contributed by atoms with Crippen LogP contribution in [0.3, 0.4) is 0 Å². The Labute approximate surface area is 97.9 Å². The Morgan fingerprint density at radius 1 is 1.31 bits per heavy atom. The highest BCUT2D eigenvalue weighted by molar-refractivity contribution is 5.73. The number of carbonyl (C=O) groups excluding carboxylic acids is 1. The maximum atomic E-state index is 11.7. The first-order chi connectivity index (χ1) is 7.45. The van der Waals surface area contributed by atoms with Crippen LogP contribution in [0.1, 0.15) is 27.7 Å². The predicted octanol–water partition coefficient (Wildman–Crippen LogP) is 1.47. The molecule has 0 fully saturated rings. The Morgan fingerprint density at radius 2 is 1.88 bits per heavy atom. The standard InChI is InChI=1S/C12H24O4/c1-6-16-12(14)10(8(2)3)11(13)9(4)7-15-5/h8-11,13H,6-7H2,1-5H3. The minimum Gasteiger partial charge on any atom is -0.466 e. The molecule has 4 heteroatoms. The quantitative estimate of drug-likeness (QED) is 0.675. The first-order valence-corrected chi connectivity index (χ1v) is 5.79. The summed E-state index contributed by atoms with van der Waals surface area (Å²) < 4.78 is 9.96. The van der Waals surface area contributed by atoms with Gasteiger partial charge in [0.05, 0.1) is 25.2 Å². The van der Waals surface area contributed by atoms with Crippen molar-refractivity contribution < 1.29 is 19.4 Å². The van der Waals surface area contributed by atoms with Crippen LogP contribution in [0.15, 0.2) is 0 Å². The van der Waals surface area contributed by atoms with Crippen LogP contribution >= 0.6 is 0 Å². The van der Waals surface area contributed by atoms with Gasteiger partial charge in [-0.1, -0.05) is 20.8 Å². The zero-order valence-electron chi connectivity index (χ0n) is 10.9. The third kappa shape index (κ3) is 4.49. The number of hydrogen-bond acceptors (Lipinski definition) is 4. The molecule has 96 valence electrons. The lowest BCUT2D eigenvalue weighted by Crippen LogP contribution is -2.39. The summed E-state index contributed by atoms with van der Waals surface area (Å²) >= 11 is 0. The molecule has 0 amide bonds.